The number of hydrogen-bond donors (Lipinski definition) is 1. The highest BCUT2D eigenvalue weighted by Gasteiger charge is 2.49. The smallest absolute Gasteiger partial charge is 0.230 e. The third-order valence-corrected chi connectivity index (χ3v) is 4.20. The summed E-state index contributed by atoms with van der Waals surface area (Å²) in [6, 6.07) is 7.93. The minimum absolute atomic E-state index is 0.00509. The van der Waals surface area contributed by atoms with Crippen molar-refractivity contribution < 1.29 is 9.59 Å². The lowest BCUT2D eigenvalue weighted by atomic mass is 10.2. The van der Waals surface area contributed by atoms with Gasteiger partial charge in [-0.25, -0.2) is 0 Å². The molecule has 0 heterocycles. The summed E-state index contributed by atoms with van der Waals surface area (Å²) in [6.45, 7) is 6.03. The number of nitrogens with one attached hydrogen (secondary N) is 1. The Kier molecular flexibility index (Phi) is 5.77. The van der Waals surface area contributed by atoms with Crippen LogP contribution in [0.1, 0.15) is 18.9 Å². The van der Waals surface area contributed by atoms with Crippen molar-refractivity contribution in [1.29, 1.82) is 0 Å². The van der Waals surface area contributed by atoms with Crippen LogP contribution in [0, 0.1) is 18.8 Å². The van der Waals surface area contributed by atoms with E-state index >= 15 is 0 Å². The maximum Gasteiger partial charge on any atom is 0.230 e. The Morgan fingerprint density at radius 1 is 1.26 bits per heavy atom. The van der Waals surface area contributed by atoms with Crippen molar-refractivity contribution in [3.63, 3.8) is 0 Å². The van der Waals surface area contributed by atoms with E-state index in [0.717, 1.165) is 17.8 Å². The molecular weight excluding hydrogens is 290 g/mol. The summed E-state index contributed by atoms with van der Waals surface area (Å²) in [5, 5.41) is 2.92. The Morgan fingerprint density at radius 3 is 2.61 bits per heavy atom. The predicted octanol–water partition coefficient (Wildman–Crippen LogP) is 1.66. The third-order valence-electron chi connectivity index (χ3n) is 4.20. The summed E-state index contributed by atoms with van der Waals surface area (Å²) >= 11 is 0. The lowest BCUT2D eigenvalue weighted by molar-refractivity contribution is -0.126. The van der Waals surface area contributed by atoms with Crippen molar-refractivity contribution in [2.24, 2.45) is 11.8 Å². The molecule has 1 fully saturated rings. The van der Waals surface area contributed by atoms with Gasteiger partial charge in [-0.3, -0.25) is 9.59 Å². The fourth-order valence-electron chi connectivity index (χ4n) is 2.75. The Morgan fingerprint density at radius 2 is 2.00 bits per heavy atom. The lowest BCUT2D eigenvalue weighted by Gasteiger charge is -2.21. The number of likely N-dealkylation sites (N-methyl/N-ethyl adjacent to an activating group) is 1. The van der Waals surface area contributed by atoms with Crippen LogP contribution in [0.25, 0.3) is 0 Å². The number of carbonyl (C=O) groups is 2. The van der Waals surface area contributed by atoms with Gasteiger partial charge in [0.1, 0.15) is 0 Å². The maximum atomic E-state index is 12.7. The fraction of sp³-hybridized carbons (Fsp3) is 0.556. The molecule has 23 heavy (non-hydrogen) atoms. The highest BCUT2D eigenvalue weighted by molar-refractivity contribution is 6.01. The molecule has 1 saturated carbocycles. The second-order valence-electron chi connectivity index (χ2n) is 6.46. The first-order valence-electron chi connectivity index (χ1n) is 8.24. The van der Waals surface area contributed by atoms with Crippen LogP contribution in [0.5, 0.6) is 0 Å². The van der Waals surface area contributed by atoms with E-state index in [2.05, 4.69) is 5.32 Å². The highest BCUT2D eigenvalue weighted by atomic mass is 16.2. The molecule has 2 unspecified atom stereocenters. The molecule has 5 nitrogen and oxygen atoms in total. The van der Waals surface area contributed by atoms with Crippen LogP contribution in [-0.4, -0.2) is 50.4 Å². The van der Waals surface area contributed by atoms with E-state index in [-0.39, 0.29) is 23.7 Å². The number of aryl methyl sites for hydroxylation is 1. The Labute approximate surface area is 138 Å². The molecule has 0 aromatic heterocycles. The Hall–Kier alpha value is -1.88. The van der Waals surface area contributed by atoms with Crippen molar-refractivity contribution in [2.75, 3.05) is 38.6 Å². The SMILES string of the molecule is CCN(C(=O)C1CC1C(=O)NCCN(C)C)c1cccc(C)c1. The molecule has 0 saturated heterocycles. The van der Waals surface area contributed by atoms with Crippen molar-refractivity contribution >= 4 is 17.5 Å². The van der Waals surface area contributed by atoms with Crippen LogP contribution < -0.4 is 10.2 Å². The Balaban J connectivity index is 1.92. The second-order valence-corrected chi connectivity index (χ2v) is 6.46. The van der Waals surface area contributed by atoms with Gasteiger partial charge < -0.3 is 15.1 Å². The van der Waals surface area contributed by atoms with Gasteiger partial charge in [-0.2, -0.15) is 0 Å². The summed E-state index contributed by atoms with van der Waals surface area (Å²) in [5.74, 6) is -0.269. The molecule has 2 rings (SSSR count). The lowest BCUT2D eigenvalue weighted by Crippen LogP contribution is -2.36. The van der Waals surface area contributed by atoms with Gasteiger partial charge in [0.15, 0.2) is 0 Å². The van der Waals surface area contributed by atoms with Crippen molar-refractivity contribution in [3.8, 4) is 0 Å². The molecule has 1 aliphatic rings. The first-order chi connectivity index (χ1) is 10.9. The van der Waals surface area contributed by atoms with Gasteiger partial charge in [0.05, 0.1) is 11.8 Å². The molecule has 2 amide bonds. The van der Waals surface area contributed by atoms with Crippen LogP contribution in [-0.2, 0) is 9.59 Å². The van der Waals surface area contributed by atoms with Crippen molar-refractivity contribution in [3.05, 3.63) is 29.8 Å². The molecule has 2 atom stereocenters. The summed E-state index contributed by atoms with van der Waals surface area (Å²) in [6.07, 6.45) is 0.662. The van der Waals surface area contributed by atoms with Gasteiger partial charge in [-0.05, 0) is 52.1 Å². The van der Waals surface area contributed by atoms with Crippen LogP contribution in [0.4, 0.5) is 5.69 Å². The first-order valence-corrected chi connectivity index (χ1v) is 8.24. The first kappa shape index (κ1) is 17.5. The normalized spacial score (nSPS) is 19.5. The van der Waals surface area contributed by atoms with Crippen LogP contribution in [0.3, 0.4) is 0 Å². The summed E-state index contributed by atoms with van der Waals surface area (Å²) in [7, 11) is 3.94. The number of amides is 2. The zero-order valence-corrected chi connectivity index (χ0v) is 14.5. The molecule has 1 aromatic rings. The van der Waals surface area contributed by atoms with Gasteiger partial charge in [-0.1, -0.05) is 12.1 Å². The molecule has 1 aliphatic carbocycles. The monoisotopic (exact) mass is 317 g/mol. The van der Waals surface area contributed by atoms with Gasteiger partial charge in [0.2, 0.25) is 11.8 Å². The number of carbonyl (C=O) groups excluding carboxylic acids is 2. The van der Waals surface area contributed by atoms with Gasteiger partial charge in [0, 0.05) is 25.3 Å². The van der Waals surface area contributed by atoms with E-state index in [1.165, 1.54) is 0 Å². The molecule has 1 N–H and O–H groups in total. The topological polar surface area (TPSA) is 52.7 Å². The van der Waals surface area contributed by atoms with Crippen molar-refractivity contribution in [1.82, 2.24) is 10.2 Å². The van der Waals surface area contributed by atoms with E-state index < -0.39 is 0 Å². The molecule has 0 radical (unpaired) electrons. The number of anilines is 1. The minimum atomic E-state index is -0.171. The summed E-state index contributed by atoms with van der Waals surface area (Å²) < 4.78 is 0. The maximum absolute atomic E-state index is 12.7. The standard InChI is InChI=1S/C18H27N3O2/c1-5-21(14-8-6-7-13(2)11-14)18(23)16-12-15(16)17(22)19-9-10-20(3)4/h6-8,11,15-16H,5,9-10,12H2,1-4H3,(H,19,22). The Bertz CT molecular complexity index is 571. The number of nitrogens with zero attached hydrogens (tertiary/aromatic N) is 2. The summed E-state index contributed by atoms with van der Waals surface area (Å²) in [4.78, 5) is 28.6. The zero-order valence-electron chi connectivity index (χ0n) is 14.5. The van der Waals surface area contributed by atoms with Gasteiger partial charge >= 0.3 is 0 Å². The van der Waals surface area contributed by atoms with Crippen LogP contribution in [0.2, 0.25) is 0 Å². The molecule has 0 bridgehead atoms. The number of hydrogen-bond acceptors (Lipinski definition) is 3. The average molecular weight is 317 g/mol. The van der Waals surface area contributed by atoms with E-state index in [4.69, 9.17) is 0 Å². The number of rotatable bonds is 7. The highest BCUT2D eigenvalue weighted by Crippen LogP contribution is 2.41. The van der Waals surface area contributed by atoms with Crippen LogP contribution >= 0.6 is 0 Å². The molecule has 126 valence electrons. The molecule has 0 spiro atoms. The van der Waals surface area contributed by atoms with Crippen molar-refractivity contribution in [2.45, 2.75) is 20.3 Å². The number of benzene rings is 1. The molecule has 1 aromatic carbocycles. The molecular formula is C18H27N3O2. The quantitative estimate of drug-likeness (QED) is 0.832. The van der Waals surface area contributed by atoms with Crippen LogP contribution in [0.15, 0.2) is 24.3 Å². The molecule has 0 aliphatic heterocycles. The zero-order chi connectivity index (χ0) is 17.0. The largest absolute Gasteiger partial charge is 0.355 e. The van der Waals surface area contributed by atoms with E-state index in [0.29, 0.717) is 19.5 Å². The summed E-state index contributed by atoms with van der Waals surface area (Å²) in [5.41, 5.74) is 2.04. The van der Waals surface area contributed by atoms with E-state index in [1.54, 1.807) is 4.90 Å². The fourth-order valence-corrected chi connectivity index (χ4v) is 2.75. The van der Waals surface area contributed by atoms with Gasteiger partial charge in [0.25, 0.3) is 0 Å². The minimum Gasteiger partial charge on any atom is -0.355 e. The average Bonchev–Trinajstić information content (AvgIpc) is 3.28. The predicted molar refractivity (Wildman–Crippen MR) is 92.4 cm³/mol. The molecule has 5 heteroatoms. The van der Waals surface area contributed by atoms with Gasteiger partial charge in [-0.15, -0.1) is 0 Å². The second kappa shape index (κ2) is 7.59. The van der Waals surface area contributed by atoms with E-state index in [9.17, 15) is 9.59 Å². The van der Waals surface area contributed by atoms with E-state index in [1.807, 2.05) is 57.1 Å². The third kappa shape index (κ3) is 4.55.